The zero-order valence-electron chi connectivity index (χ0n) is 8.85. The van der Waals surface area contributed by atoms with Gasteiger partial charge in [-0.05, 0) is 0 Å². The van der Waals surface area contributed by atoms with Gasteiger partial charge in [-0.15, -0.1) is 0 Å². The maximum atomic E-state index is 2.21. The second-order valence-corrected chi connectivity index (χ2v) is 3.66. The van der Waals surface area contributed by atoms with Crippen LogP contribution in [-0.4, -0.2) is 9.52 Å². The zero-order valence-corrected chi connectivity index (χ0v) is 13.6. The Morgan fingerprint density at radius 1 is 0.714 bits per heavy atom. The van der Waals surface area contributed by atoms with E-state index in [0.717, 1.165) is 9.52 Å². The van der Waals surface area contributed by atoms with E-state index in [1.165, 1.54) is 0 Å². The number of rotatable bonds is 0. The summed E-state index contributed by atoms with van der Waals surface area (Å²) >= 11 is 0. The van der Waals surface area contributed by atoms with Crippen LogP contribution in [0, 0.1) is 0 Å². The van der Waals surface area contributed by atoms with E-state index in [2.05, 4.69) is 13.1 Å². The molecule has 0 aliphatic heterocycles. The van der Waals surface area contributed by atoms with Crippen molar-refractivity contribution in [2.75, 3.05) is 0 Å². The molecule has 0 bridgehead atoms. The summed E-state index contributed by atoms with van der Waals surface area (Å²) in [5.41, 5.74) is 0. The number of hydrogen-bond acceptors (Lipinski definition) is 0. The summed E-state index contributed by atoms with van der Waals surface area (Å²) in [5, 5.41) is 0. The number of hydrogen-bond donors (Lipinski definition) is 0. The second-order valence-electron chi connectivity index (χ2n) is 2.50. The molecular weight excluding hydrogens is 351 g/mol. The molecule has 1 radical (unpaired) electrons. The van der Waals surface area contributed by atoms with Gasteiger partial charge in [0.25, 0.3) is 0 Å². The van der Waals surface area contributed by atoms with E-state index in [0.29, 0.717) is 0 Å². The largest absolute Gasteiger partial charge is 0.214 e. The van der Waals surface area contributed by atoms with Crippen LogP contribution >= 0.6 is 0 Å². The van der Waals surface area contributed by atoms with E-state index in [-0.39, 0.29) is 25.8 Å². The standard InChI is InChI=1S/2C5H5.C2H7Si.Hf/c2*1-2-4-5-3-1;1-3-2;/h2*1-5H;3H,1-2H3;/q2*-1;;. The van der Waals surface area contributed by atoms with Crippen LogP contribution < -0.4 is 0 Å². The molecule has 0 N–H and O–H groups in total. The van der Waals surface area contributed by atoms with Gasteiger partial charge >= 0.3 is 0 Å². The van der Waals surface area contributed by atoms with Crippen LogP contribution in [0.25, 0.3) is 0 Å². The Morgan fingerprint density at radius 2 is 0.929 bits per heavy atom. The predicted octanol–water partition coefficient (Wildman–Crippen LogP) is 3.33. The Balaban J connectivity index is 0. The van der Waals surface area contributed by atoms with E-state index in [9.17, 15) is 0 Å². The SMILES string of the molecule is C[SiH]C.[Hf].c1cc[cH-]c1.c1cc[cH-]c1. The van der Waals surface area contributed by atoms with Crippen molar-refractivity contribution in [3.8, 4) is 0 Å². The third-order valence-corrected chi connectivity index (χ3v) is 1.11. The molecule has 0 atom stereocenters. The fraction of sp³-hybridized carbons (Fsp3) is 0.167. The molecule has 0 heterocycles. The molecule has 0 saturated heterocycles. The first kappa shape index (κ1) is 16.2. The monoisotopic (exact) mass is 369 g/mol. The van der Waals surface area contributed by atoms with E-state index < -0.39 is 0 Å². The van der Waals surface area contributed by atoms with E-state index in [4.69, 9.17) is 0 Å². The van der Waals surface area contributed by atoms with Crippen molar-refractivity contribution in [2.24, 2.45) is 0 Å². The second kappa shape index (κ2) is 15.3. The summed E-state index contributed by atoms with van der Waals surface area (Å²) in [4.78, 5) is 0. The van der Waals surface area contributed by atoms with Crippen molar-refractivity contribution >= 4 is 9.52 Å². The topological polar surface area (TPSA) is 0 Å². The molecule has 0 spiro atoms. The molecule has 0 nitrogen and oxygen atoms in total. The molecule has 0 fully saturated rings. The Labute approximate surface area is 109 Å². The Morgan fingerprint density at radius 3 is 1.00 bits per heavy atom. The van der Waals surface area contributed by atoms with E-state index in [1.807, 2.05) is 60.7 Å². The molecule has 0 saturated carbocycles. The maximum Gasteiger partial charge on any atom is 0.0213 e. The fourth-order valence-corrected chi connectivity index (χ4v) is 0.642. The first-order valence-corrected chi connectivity index (χ1v) is 6.80. The van der Waals surface area contributed by atoms with Gasteiger partial charge in [0.1, 0.15) is 0 Å². The van der Waals surface area contributed by atoms with Gasteiger partial charge in [0, 0.05) is 35.4 Å². The maximum absolute atomic E-state index is 2.21. The van der Waals surface area contributed by atoms with Gasteiger partial charge in [-0.25, -0.2) is 24.3 Å². The van der Waals surface area contributed by atoms with Gasteiger partial charge in [0.05, 0.1) is 0 Å². The quantitative estimate of drug-likeness (QED) is 0.495. The smallest absolute Gasteiger partial charge is 0.0213 e. The van der Waals surface area contributed by atoms with Crippen LogP contribution in [0.2, 0.25) is 13.1 Å². The molecule has 0 aliphatic rings. The van der Waals surface area contributed by atoms with E-state index in [1.54, 1.807) is 0 Å². The molecule has 14 heavy (non-hydrogen) atoms. The molecule has 2 aromatic carbocycles. The minimum atomic E-state index is 0. The molecule has 2 heteroatoms. The fourth-order valence-electron chi connectivity index (χ4n) is 0.642. The third kappa shape index (κ3) is 14.3. The Hall–Kier alpha value is -0.213. The van der Waals surface area contributed by atoms with Crippen molar-refractivity contribution in [3.05, 3.63) is 60.7 Å². The average molecular weight is 368 g/mol. The molecule has 2 rings (SSSR count). The minimum absolute atomic E-state index is 0. The van der Waals surface area contributed by atoms with Crippen molar-refractivity contribution in [2.45, 2.75) is 13.1 Å². The van der Waals surface area contributed by atoms with Crippen LogP contribution in [0.4, 0.5) is 0 Å². The van der Waals surface area contributed by atoms with Crippen molar-refractivity contribution in [1.82, 2.24) is 0 Å². The van der Waals surface area contributed by atoms with Crippen LogP contribution in [0.3, 0.4) is 0 Å². The summed E-state index contributed by atoms with van der Waals surface area (Å²) < 4.78 is 0. The van der Waals surface area contributed by atoms with Crippen LogP contribution in [0.15, 0.2) is 60.7 Å². The zero-order chi connectivity index (χ0) is 9.78. The predicted molar refractivity (Wildman–Crippen MR) is 62.9 cm³/mol. The summed E-state index contributed by atoms with van der Waals surface area (Å²) in [6.07, 6.45) is 0. The van der Waals surface area contributed by atoms with Crippen molar-refractivity contribution in [1.29, 1.82) is 0 Å². The Bertz CT molecular complexity index is 162. The minimum Gasteiger partial charge on any atom is -0.214 e. The van der Waals surface area contributed by atoms with Gasteiger partial charge in [0.15, 0.2) is 0 Å². The summed E-state index contributed by atoms with van der Waals surface area (Å²) in [5.74, 6) is 0. The van der Waals surface area contributed by atoms with Gasteiger partial charge in [0.2, 0.25) is 0 Å². The third-order valence-electron chi connectivity index (χ3n) is 1.11. The van der Waals surface area contributed by atoms with Crippen LogP contribution in [-0.2, 0) is 25.8 Å². The van der Waals surface area contributed by atoms with Gasteiger partial charge in [-0.2, -0.15) is 36.4 Å². The normalized spacial score (nSPS) is 7.00. The van der Waals surface area contributed by atoms with Crippen molar-refractivity contribution < 1.29 is 25.8 Å². The summed E-state index contributed by atoms with van der Waals surface area (Å²) in [6, 6.07) is 20.0. The average Bonchev–Trinajstić information content (AvgIpc) is 2.85. The van der Waals surface area contributed by atoms with Crippen LogP contribution in [0.1, 0.15) is 0 Å². The molecule has 0 aliphatic carbocycles. The molecule has 0 amide bonds. The molecular formula is C12H17HfSi-2. The molecule has 0 aromatic heterocycles. The van der Waals surface area contributed by atoms with Gasteiger partial charge in [-0.1, -0.05) is 13.1 Å². The first-order valence-electron chi connectivity index (χ1n) is 4.49. The van der Waals surface area contributed by atoms with Gasteiger partial charge < -0.3 is 0 Å². The molecule has 0 unspecified atom stereocenters. The molecule has 75 valence electrons. The summed E-state index contributed by atoms with van der Waals surface area (Å²) in [7, 11) is 0.750. The van der Waals surface area contributed by atoms with Gasteiger partial charge in [-0.3, -0.25) is 0 Å². The Kier molecular flexibility index (Phi) is 17.7. The molecule has 2 aromatic rings. The van der Waals surface area contributed by atoms with Crippen LogP contribution in [0.5, 0.6) is 0 Å². The van der Waals surface area contributed by atoms with Crippen molar-refractivity contribution in [3.63, 3.8) is 0 Å². The van der Waals surface area contributed by atoms with E-state index >= 15 is 0 Å². The summed E-state index contributed by atoms with van der Waals surface area (Å²) in [6.45, 7) is 4.42. The first-order chi connectivity index (χ1) is 6.41.